The molecular formula is C12H19N3. The molecule has 1 N–H and O–H groups in total. The van der Waals surface area contributed by atoms with Gasteiger partial charge in [0.05, 0.1) is 12.0 Å². The molecule has 1 aliphatic rings. The Bertz CT molecular complexity index is 338. The van der Waals surface area contributed by atoms with Crippen molar-refractivity contribution in [3.63, 3.8) is 0 Å². The lowest BCUT2D eigenvalue weighted by molar-refractivity contribution is 0.646. The van der Waals surface area contributed by atoms with Crippen molar-refractivity contribution >= 4 is 0 Å². The van der Waals surface area contributed by atoms with Gasteiger partial charge in [0.1, 0.15) is 0 Å². The zero-order chi connectivity index (χ0) is 10.5. The molecule has 0 radical (unpaired) electrons. The van der Waals surface area contributed by atoms with Gasteiger partial charge in [-0.3, -0.25) is 0 Å². The van der Waals surface area contributed by atoms with E-state index in [-0.39, 0.29) is 0 Å². The summed E-state index contributed by atoms with van der Waals surface area (Å²) in [5.41, 5.74) is 2.88. The van der Waals surface area contributed by atoms with Crippen molar-refractivity contribution in [1.29, 1.82) is 0 Å². The number of aromatic nitrogens is 2. The highest BCUT2D eigenvalue weighted by Crippen LogP contribution is 2.19. The third kappa shape index (κ3) is 2.93. The Morgan fingerprint density at radius 3 is 3.13 bits per heavy atom. The standard InChI is InChI=1S/C12H19N3/c1-15-10-14-9-12(15)8-13-7-6-11-4-2-3-5-11/h4,9-10,13H,2-3,5-8H2,1H3. The lowest BCUT2D eigenvalue weighted by atomic mass is 10.2. The lowest BCUT2D eigenvalue weighted by Gasteiger charge is -2.05. The largest absolute Gasteiger partial charge is 0.337 e. The maximum absolute atomic E-state index is 4.09. The van der Waals surface area contributed by atoms with E-state index < -0.39 is 0 Å². The van der Waals surface area contributed by atoms with Crippen LogP contribution in [0.5, 0.6) is 0 Å². The fraction of sp³-hybridized carbons (Fsp3) is 0.583. The van der Waals surface area contributed by atoms with E-state index in [0.29, 0.717) is 0 Å². The van der Waals surface area contributed by atoms with E-state index in [0.717, 1.165) is 13.1 Å². The van der Waals surface area contributed by atoms with Gasteiger partial charge in [0.25, 0.3) is 0 Å². The van der Waals surface area contributed by atoms with Crippen LogP contribution in [0, 0.1) is 0 Å². The van der Waals surface area contributed by atoms with Crippen LogP contribution in [0.25, 0.3) is 0 Å². The van der Waals surface area contributed by atoms with Crippen LogP contribution in [-0.2, 0) is 13.6 Å². The number of hydrogen-bond donors (Lipinski definition) is 1. The van der Waals surface area contributed by atoms with Crippen molar-refractivity contribution in [1.82, 2.24) is 14.9 Å². The predicted molar refractivity (Wildman–Crippen MR) is 61.5 cm³/mol. The summed E-state index contributed by atoms with van der Waals surface area (Å²) in [5.74, 6) is 0. The van der Waals surface area contributed by atoms with Crippen LogP contribution in [-0.4, -0.2) is 16.1 Å². The second-order valence-corrected chi connectivity index (χ2v) is 4.18. The van der Waals surface area contributed by atoms with Crippen LogP contribution >= 0.6 is 0 Å². The SMILES string of the molecule is Cn1cncc1CNCCC1=CCCC1. The molecule has 82 valence electrons. The van der Waals surface area contributed by atoms with Crippen LogP contribution in [0.2, 0.25) is 0 Å². The number of hydrogen-bond acceptors (Lipinski definition) is 2. The summed E-state index contributed by atoms with van der Waals surface area (Å²) in [6, 6.07) is 0. The Morgan fingerprint density at radius 1 is 1.53 bits per heavy atom. The molecule has 3 nitrogen and oxygen atoms in total. The number of nitrogens with one attached hydrogen (secondary N) is 1. The third-order valence-electron chi connectivity index (χ3n) is 2.98. The highest BCUT2D eigenvalue weighted by molar-refractivity contribution is 5.07. The van der Waals surface area contributed by atoms with Gasteiger partial charge in [-0.2, -0.15) is 0 Å². The first-order chi connectivity index (χ1) is 7.36. The number of imidazole rings is 1. The predicted octanol–water partition coefficient (Wildman–Crippen LogP) is 2.01. The molecule has 0 saturated carbocycles. The Labute approximate surface area is 91.2 Å². The minimum absolute atomic E-state index is 0.920. The Hall–Kier alpha value is -1.09. The van der Waals surface area contributed by atoms with E-state index in [4.69, 9.17) is 0 Å². The fourth-order valence-electron chi connectivity index (χ4n) is 1.98. The van der Waals surface area contributed by atoms with Gasteiger partial charge < -0.3 is 9.88 Å². The summed E-state index contributed by atoms with van der Waals surface area (Å²) in [4.78, 5) is 4.09. The molecule has 0 unspecified atom stereocenters. The molecule has 0 spiro atoms. The molecule has 0 fully saturated rings. The Morgan fingerprint density at radius 2 is 2.47 bits per heavy atom. The molecule has 0 aliphatic heterocycles. The van der Waals surface area contributed by atoms with Crippen molar-refractivity contribution < 1.29 is 0 Å². The van der Waals surface area contributed by atoms with Gasteiger partial charge in [0, 0.05) is 19.8 Å². The van der Waals surface area contributed by atoms with Crippen molar-refractivity contribution in [3.05, 3.63) is 29.9 Å². The summed E-state index contributed by atoms with van der Waals surface area (Å²) < 4.78 is 2.06. The molecular weight excluding hydrogens is 186 g/mol. The van der Waals surface area contributed by atoms with E-state index in [1.54, 1.807) is 5.57 Å². The highest BCUT2D eigenvalue weighted by atomic mass is 15.0. The number of aryl methyl sites for hydroxylation is 1. The summed E-state index contributed by atoms with van der Waals surface area (Å²) in [7, 11) is 2.03. The molecule has 15 heavy (non-hydrogen) atoms. The summed E-state index contributed by atoms with van der Waals surface area (Å²) >= 11 is 0. The third-order valence-corrected chi connectivity index (χ3v) is 2.98. The Balaban J connectivity index is 1.65. The minimum atomic E-state index is 0.920. The van der Waals surface area contributed by atoms with Gasteiger partial charge in [-0.1, -0.05) is 11.6 Å². The van der Waals surface area contributed by atoms with Crippen molar-refractivity contribution in [2.45, 2.75) is 32.2 Å². The molecule has 1 aromatic rings. The van der Waals surface area contributed by atoms with Gasteiger partial charge in [-0.25, -0.2) is 4.98 Å². The van der Waals surface area contributed by atoms with Crippen molar-refractivity contribution in [2.75, 3.05) is 6.54 Å². The molecule has 1 heterocycles. The molecule has 1 aliphatic carbocycles. The molecule has 2 rings (SSSR count). The van der Waals surface area contributed by atoms with E-state index in [1.165, 1.54) is 31.4 Å². The highest BCUT2D eigenvalue weighted by Gasteiger charge is 2.03. The maximum atomic E-state index is 4.09. The average molecular weight is 205 g/mol. The van der Waals surface area contributed by atoms with E-state index in [9.17, 15) is 0 Å². The van der Waals surface area contributed by atoms with Crippen LogP contribution in [0.1, 0.15) is 31.4 Å². The van der Waals surface area contributed by atoms with E-state index in [1.807, 2.05) is 19.6 Å². The van der Waals surface area contributed by atoms with Crippen LogP contribution < -0.4 is 5.32 Å². The monoisotopic (exact) mass is 205 g/mol. The summed E-state index contributed by atoms with van der Waals surface area (Å²) in [6.45, 7) is 2.00. The van der Waals surface area contributed by atoms with Crippen LogP contribution in [0.15, 0.2) is 24.2 Å². The second-order valence-electron chi connectivity index (χ2n) is 4.18. The molecule has 0 atom stereocenters. The number of nitrogens with zero attached hydrogens (tertiary/aromatic N) is 2. The zero-order valence-corrected chi connectivity index (χ0v) is 9.37. The molecule has 1 aromatic heterocycles. The van der Waals surface area contributed by atoms with Crippen molar-refractivity contribution in [3.8, 4) is 0 Å². The first kappa shape index (κ1) is 10.4. The van der Waals surface area contributed by atoms with Gasteiger partial charge >= 0.3 is 0 Å². The lowest BCUT2D eigenvalue weighted by Crippen LogP contribution is -2.16. The first-order valence-electron chi connectivity index (χ1n) is 5.70. The van der Waals surface area contributed by atoms with Gasteiger partial charge in [-0.15, -0.1) is 0 Å². The fourth-order valence-corrected chi connectivity index (χ4v) is 1.98. The maximum Gasteiger partial charge on any atom is 0.0945 e. The van der Waals surface area contributed by atoms with E-state index in [2.05, 4.69) is 20.9 Å². The zero-order valence-electron chi connectivity index (χ0n) is 9.37. The second kappa shape index (κ2) is 5.12. The quantitative estimate of drug-likeness (QED) is 0.588. The first-order valence-corrected chi connectivity index (χ1v) is 5.70. The van der Waals surface area contributed by atoms with E-state index >= 15 is 0 Å². The topological polar surface area (TPSA) is 29.9 Å². The summed E-state index contributed by atoms with van der Waals surface area (Å²) in [5, 5.41) is 3.45. The number of rotatable bonds is 5. The number of allylic oxidation sites excluding steroid dienone is 1. The normalized spacial score (nSPS) is 15.7. The van der Waals surface area contributed by atoms with Gasteiger partial charge in [0.15, 0.2) is 0 Å². The average Bonchev–Trinajstić information content (AvgIpc) is 2.85. The van der Waals surface area contributed by atoms with Crippen LogP contribution in [0.3, 0.4) is 0 Å². The summed E-state index contributed by atoms with van der Waals surface area (Å²) in [6.07, 6.45) is 11.3. The Kier molecular flexibility index (Phi) is 3.56. The minimum Gasteiger partial charge on any atom is -0.337 e. The molecule has 0 bridgehead atoms. The van der Waals surface area contributed by atoms with Crippen molar-refractivity contribution in [2.24, 2.45) is 7.05 Å². The van der Waals surface area contributed by atoms with Gasteiger partial charge in [0.2, 0.25) is 0 Å². The van der Waals surface area contributed by atoms with Gasteiger partial charge in [-0.05, 0) is 32.2 Å². The molecule has 3 heteroatoms. The molecule has 0 amide bonds. The van der Waals surface area contributed by atoms with Crippen LogP contribution in [0.4, 0.5) is 0 Å². The smallest absolute Gasteiger partial charge is 0.0945 e. The molecule has 0 aromatic carbocycles. The molecule has 0 saturated heterocycles.